The van der Waals surface area contributed by atoms with Gasteiger partial charge in [0.2, 0.25) is 11.8 Å². The summed E-state index contributed by atoms with van der Waals surface area (Å²) in [6, 6.07) is 8.59. The third-order valence-corrected chi connectivity index (χ3v) is 5.08. The maximum Gasteiger partial charge on any atom is 0.242 e. The maximum atomic E-state index is 12.8. The van der Waals surface area contributed by atoms with Gasteiger partial charge in [0.05, 0.1) is 12.6 Å². The smallest absolute Gasteiger partial charge is 0.242 e. The van der Waals surface area contributed by atoms with E-state index in [4.69, 9.17) is 0 Å². The van der Waals surface area contributed by atoms with Crippen LogP contribution in [0.25, 0.3) is 0 Å². The van der Waals surface area contributed by atoms with E-state index in [1.165, 1.54) is 5.56 Å². The molecule has 5 heteroatoms. The number of amides is 2. The van der Waals surface area contributed by atoms with Gasteiger partial charge >= 0.3 is 0 Å². The highest BCUT2D eigenvalue weighted by Crippen LogP contribution is 2.23. The third kappa shape index (κ3) is 3.78. The minimum Gasteiger partial charge on any atom is -0.333 e. The monoisotopic (exact) mass is 329 g/mol. The van der Waals surface area contributed by atoms with Gasteiger partial charge in [-0.2, -0.15) is 0 Å². The summed E-state index contributed by atoms with van der Waals surface area (Å²) in [6.07, 6.45) is 3.55. The first-order chi connectivity index (χ1) is 11.7. The van der Waals surface area contributed by atoms with E-state index in [0.29, 0.717) is 19.5 Å². The number of rotatable bonds is 4. The molecule has 1 N–H and O–H groups in total. The Kier molecular flexibility index (Phi) is 5.51. The van der Waals surface area contributed by atoms with Crippen LogP contribution in [0.15, 0.2) is 24.3 Å². The fourth-order valence-corrected chi connectivity index (χ4v) is 3.56. The molecule has 0 spiro atoms. The summed E-state index contributed by atoms with van der Waals surface area (Å²) >= 11 is 0. The van der Waals surface area contributed by atoms with Gasteiger partial charge < -0.3 is 15.1 Å². The highest BCUT2D eigenvalue weighted by atomic mass is 16.2. The number of aryl methyl sites for hydroxylation is 1. The molecular formula is C19H27N3O2. The fourth-order valence-electron chi connectivity index (χ4n) is 3.56. The van der Waals surface area contributed by atoms with Crippen molar-refractivity contribution in [3.8, 4) is 0 Å². The number of carbonyl (C=O) groups excluding carboxylic acids is 2. The Balaban J connectivity index is 1.71. The summed E-state index contributed by atoms with van der Waals surface area (Å²) in [7, 11) is 0. The Morgan fingerprint density at radius 1 is 1.21 bits per heavy atom. The standard InChI is InChI=1S/C19H27N3O2/c1-2-15-6-8-16(9-7-15)17-13-20-10-12-22(17)19(24)14-21-11-4-3-5-18(21)23/h6-9,17,20H,2-5,10-14H2,1H3. The van der Waals surface area contributed by atoms with Crippen LogP contribution in [0.2, 0.25) is 0 Å². The van der Waals surface area contributed by atoms with E-state index >= 15 is 0 Å². The lowest BCUT2D eigenvalue weighted by molar-refractivity contribution is -0.143. The van der Waals surface area contributed by atoms with Gasteiger partial charge in [-0.25, -0.2) is 0 Å². The summed E-state index contributed by atoms with van der Waals surface area (Å²) in [4.78, 5) is 28.5. The summed E-state index contributed by atoms with van der Waals surface area (Å²) in [6.45, 7) is 5.35. The number of piperidine rings is 1. The SMILES string of the molecule is CCc1ccc(C2CNCCN2C(=O)CN2CCCCC2=O)cc1. The van der Waals surface area contributed by atoms with E-state index in [0.717, 1.165) is 37.9 Å². The molecule has 0 aromatic heterocycles. The molecule has 2 amide bonds. The Bertz CT molecular complexity index is 585. The van der Waals surface area contributed by atoms with Crippen molar-refractivity contribution in [1.29, 1.82) is 0 Å². The van der Waals surface area contributed by atoms with Crippen LogP contribution in [0.1, 0.15) is 43.4 Å². The molecule has 1 atom stereocenters. The zero-order valence-corrected chi connectivity index (χ0v) is 14.5. The topological polar surface area (TPSA) is 52.7 Å². The number of piperazine rings is 1. The van der Waals surface area contributed by atoms with Gasteiger partial charge in [0.15, 0.2) is 0 Å². The van der Waals surface area contributed by atoms with Crippen molar-refractivity contribution in [2.45, 2.75) is 38.6 Å². The third-order valence-electron chi connectivity index (χ3n) is 5.08. The molecule has 5 nitrogen and oxygen atoms in total. The molecule has 3 rings (SSSR count). The van der Waals surface area contributed by atoms with Gasteiger partial charge in [0.25, 0.3) is 0 Å². The van der Waals surface area contributed by atoms with E-state index in [1.54, 1.807) is 4.90 Å². The van der Waals surface area contributed by atoms with Crippen LogP contribution in [0.4, 0.5) is 0 Å². The van der Waals surface area contributed by atoms with Crippen molar-refractivity contribution in [1.82, 2.24) is 15.1 Å². The van der Waals surface area contributed by atoms with Gasteiger partial charge in [0, 0.05) is 32.6 Å². The molecule has 2 fully saturated rings. The molecule has 24 heavy (non-hydrogen) atoms. The van der Waals surface area contributed by atoms with Gasteiger partial charge in [-0.3, -0.25) is 9.59 Å². The number of hydrogen-bond donors (Lipinski definition) is 1. The molecule has 0 aliphatic carbocycles. The molecule has 0 bridgehead atoms. The van der Waals surface area contributed by atoms with Crippen LogP contribution in [-0.2, 0) is 16.0 Å². The first-order valence-electron chi connectivity index (χ1n) is 9.06. The minimum atomic E-state index is 0.0528. The number of benzene rings is 1. The molecule has 1 unspecified atom stereocenters. The molecule has 2 aliphatic rings. The Morgan fingerprint density at radius 3 is 2.71 bits per heavy atom. The molecule has 130 valence electrons. The lowest BCUT2D eigenvalue weighted by atomic mass is 10.0. The quantitative estimate of drug-likeness (QED) is 0.915. The van der Waals surface area contributed by atoms with Crippen LogP contribution in [0, 0.1) is 0 Å². The molecule has 0 saturated carbocycles. The maximum absolute atomic E-state index is 12.8. The van der Waals surface area contributed by atoms with Crippen LogP contribution in [0.3, 0.4) is 0 Å². The summed E-state index contributed by atoms with van der Waals surface area (Å²) in [5.41, 5.74) is 2.47. The molecule has 1 aromatic carbocycles. The number of hydrogen-bond acceptors (Lipinski definition) is 3. The second-order valence-corrected chi connectivity index (χ2v) is 6.67. The van der Waals surface area contributed by atoms with Crippen LogP contribution >= 0.6 is 0 Å². The van der Waals surface area contributed by atoms with Crippen molar-refractivity contribution in [3.63, 3.8) is 0 Å². The average Bonchev–Trinajstić information content (AvgIpc) is 2.63. The lowest BCUT2D eigenvalue weighted by Crippen LogP contribution is -2.52. The van der Waals surface area contributed by atoms with E-state index in [-0.39, 0.29) is 24.4 Å². The second kappa shape index (κ2) is 7.79. The summed E-state index contributed by atoms with van der Waals surface area (Å²) < 4.78 is 0. The molecule has 1 aromatic rings. The first-order valence-corrected chi connectivity index (χ1v) is 9.06. The molecule has 2 aliphatic heterocycles. The lowest BCUT2D eigenvalue weighted by Gasteiger charge is -2.38. The van der Waals surface area contributed by atoms with Gasteiger partial charge in [0.1, 0.15) is 0 Å². The van der Waals surface area contributed by atoms with Crippen LogP contribution in [0.5, 0.6) is 0 Å². The Hall–Kier alpha value is -1.88. The average molecular weight is 329 g/mol. The van der Waals surface area contributed by atoms with Gasteiger partial charge in [-0.1, -0.05) is 31.2 Å². The Morgan fingerprint density at radius 2 is 2.00 bits per heavy atom. The van der Waals surface area contributed by atoms with Crippen molar-refractivity contribution in [2.75, 3.05) is 32.7 Å². The van der Waals surface area contributed by atoms with Crippen molar-refractivity contribution >= 4 is 11.8 Å². The van der Waals surface area contributed by atoms with Crippen molar-refractivity contribution in [2.24, 2.45) is 0 Å². The van der Waals surface area contributed by atoms with E-state index in [9.17, 15) is 9.59 Å². The van der Waals surface area contributed by atoms with E-state index in [2.05, 4.69) is 36.5 Å². The first kappa shape index (κ1) is 17.0. The second-order valence-electron chi connectivity index (χ2n) is 6.67. The van der Waals surface area contributed by atoms with Gasteiger partial charge in [-0.05, 0) is 30.4 Å². The number of nitrogens with one attached hydrogen (secondary N) is 1. The van der Waals surface area contributed by atoms with E-state index in [1.807, 2.05) is 4.90 Å². The predicted molar refractivity (Wildman–Crippen MR) is 93.6 cm³/mol. The number of likely N-dealkylation sites (tertiary alicyclic amines) is 1. The van der Waals surface area contributed by atoms with Crippen molar-refractivity contribution in [3.05, 3.63) is 35.4 Å². The highest BCUT2D eigenvalue weighted by Gasteiger charge is 2.30. The molecule has 2 heterocycles. The molecular weight excluding hydrogens is 302 g/mol. The minimum absolute atomic E-state index is 0.0528. The normalized spacial score (nSPS) is 21.9. The van der Waals surface area contributed by atoms with E-state index < -0.39 is 0 Å². The van der Waals surface area contributed by atoms with Gasteiger partial charge in [-0.15, -0.1) is 0 Å². The molecule has 0 radical (unpaired) electrons. The van der Waals surface area contributed by atoms with Crippen molar-refractivity contribution < 1.29 is 9.59 Å². The zero-order valence-electron chi connectivity index (χ0n) is 14.5. The number of nitrogens with zero attached hydrogens (tertiary/aromatic N) is 2. The summed E-state index contributed by atoms with van der Waals surface area (Å²) in [5, 5.41) is 3.38. The Labute approximate surface area is 144 Å². The largest absolute Gasteiger partial charge is 0.333 e. The summed E-state index contributed by atoms with van der Waals surface area (Å²) in [5.74, 6) is 0.185. The van der Waals surface area contributed by atoms with Crippen LogP contribution < -0.4 is 5.32 Å². The molecule has 2 saturated heterocycles. The highest BCUT2D eigenvalue weighted by molar-refractivity contribution is 5.85. The fraction of sp³-hybridized carbons (Fsp3) is 0.579. The number of carbonyl (C=O) groups is 2. The predicted octanol–water partition coefficient (Wildman–Crippen LogP) is 1.73. The van der Waals surface area contributed by atoms with Crippen LogP contribution in [-0.4, -0.2) is 54.3 Å². The zero-order chi connectivity index (χ0) is 16.9.